The SMILES string of the molecule is C[Si](C)(C)OP(=O)(CP(=O)(O)OF)OF. The molecule has 0 saturated heterocycles. The molecule has 0 aliphatic rings. The summed E-state index contributed by atoms with van der Waals surface area (Å²) in [6, 6.07) is 0. The van der Waals surface area contributed by atoms with Crippen LogP contribution in [0.25, 0.3) is 0 Å². The van der Waals surface area contributed by atoms with Crippen LogP contribution in [0.2, 0.25) is 19.6 Å². The summed E-state index contributed by atoms with van der Waals surface area (Å²) in [6.07, 6.45) is 0. The molecule has 0 fully saturated rings. The van der Waals surface area contributed by atoms with E-state index in [4.69, 9.17) is 9.11 Å². The van der Waals surface area contributed by atoms with Gasteiger partial charge in [0.2, 0.25) is 0 Å². The number of halogens is 2. The van der Waals surface area contributed by atoms with Gasteiger partial charge in [0.15, 0.2) is 14.2 Å². The third-order valence-corrected chi connectivity index (χ3v) is 7.52. The highest BCUT2D eigenvalue weighted by Crippen LogP contribution is 2.62. The Bertz CT molecular complexity index is 304. The second-order valence-corrected chi connectivity index (χ2v) is 12.6. The summed E-state index contributed by atoms with van der Waals surface area (Å²) in [4.78, 5) is 8.66. The maximum Gasteiger partial charge on any atom is 0.373 e. The minimum absolute atomic E-state index is 1.36. The minimum atomic E-state index is -4.80. The number of hydrogen-bond donors (Lipinski definition) is 1. The van der Waals surface area contributed by atoms with Crippen LogP contribution < -0.4 is 0 Å². The molecule has 0 bridgehead atoms. The molecule has 2 atom stereocenters. The van der Waals surface area contributed by atoms with Gasteiger partial charge in [-0.1, -0.05) is 0 Å². The van der Waals surface area contributed by atoms with E-state index in [0.717, 1.165) is 0 Å². The Morgan fingerprint density at radius 3 is 1.93 bits per heavy atom. The molecule has 0 amide bonds. The highest BCUT2D eigenvalue weighted by atomic mass is 31.2. The fourth-order valence-corrected chi connectivity index (χ4v) is 7.02. The standard InChI is InChI=1S/C4H12F2O6P2Si/c1-15(2,3)12-14(9,11-6)4-13(7,8)10-5/h4H2,1-3H3,(H,7,8). The van der Waals surface area contributed by atoms with Gasteiger partial charge in [-0.3, -0.25) is 9.13 Å². The van der Waals surface area contributed by atoms with Gasteiger partial charge in [-0.05, 0) is 28.7 Å². The Morgan fingerprint density at radius 1 is 1.20 bits per heavy atom. The molecule has 0 rings (SSSR count). The smallest absolute Gasteiger partial charge is 0.349 e. The van der Waals surface area contributed by atoms with Gasteiger partial charge in [0, 0.05) is 0 Å². The van der Waals surface area contributed by atoms with Crippen molar-refractivity contribution < 1.29 is 36.7 Å². The first kappa shape index (κ1) is 15.4. The largest absolute Gasteiger partial charge is 0.373 e. The molecule has 11 heteroatoms. The Kier molecular flexibility index (Phi) is 5.27. The molecule has 92 valence electrons. The highest BCUT2D eigenvalue weighted by Gasteiger charge is 2.41. The topological polar surface area (TPSA) is 82.1 Å². The molecule has 15 heavy (non-hydrogen) atoms. The van der Waals surface area contributed by atoms with E-state index >= 15 is 0 Å². The molecular formula is C4H12F2O6P2Si. The molecule has 6 nitrogen and oxygen atoms in total. The van der Waals surface area contributed by atoms with Crippen molar-refractivity contribution in [3.8, 4) is 0 Å². The number of rotatable bonds is 6. The zero-order chi connectivity index (χ0) is 12.3. The van der Waals surface area contributed by atoms with Crippen molar-refractivity contribution in [2.75, 3.05) is 5.90 Å². The summed E-state index contributed by atoms with van der Waals surface area (Å²) < 4.78 is 56.1. The van der Waals surface area contributed by atoms with E-state index in [1.165, 1.54) is 0 Å². The lowest BCUT2D eigenvalue weighted by atomic mass is 11.8. The van der Waals surface area contributed by atoms with E-state index in [1.54, 1.807) is 19.6 Å². The van der Waals surface area contributed by atoms with Crippen LogP contribution in [0.3, 0.4) is 0 Å². The van der Waals surface area contributed by atoms with Crippen molar-refractivity contribution in [2.24, 2.45) is 0 Å². The lowest BCUT2D eigenvalue weighted by Gasteiger charge is -2.22. The minimum Gasteiger partial charge on any atom is -0.349 e. The fourth-order valence-electron chi connectivity index (χ4n) is 0.723. The van der Waals surface area contributed by atoms with Gasteiger partial charge in [-0.25, -0.2) is 0 Å². The maximum atomic E-state index is 12.0. The van der Waals surface area contributed by atoms with E-state index in [9.17, 15) is 18.2 Å². The first-order chi connectivity index (χ1) is 6.54. The first-order valence-corrected chi connectivity index (χ1v) is 10.7. The van der Waals surface area contributed by atoms with Crippen LogP contribution in [0.15, 0.2) is 0 Å². The summed E-state index contributed by atoms with van der Waals surface area (Å²) in [5.41, 5.74) is 0. The summed E-state index contributed by atoms with van der Waals surface area (Å²) in [5, 5.41) is 0. The molecule has 0 aliphatic carbocycles. The summed E-state index contributed by atoms with van der Waals surface area (Å²) >= 11 is 0. The van der Waals surface area contributed by atoms with Crippen LogP contribution in [0.1, 0.15) is 0 Å². The quantitative estimate of drug-likeness (QED) is 0.596. The Morgan fingerprint density at radius 2 is 1.67 bits per heavy atom. The maximum absolute atomic E-state index is 12.0. The van der Waals surface area contributed by atoms with E-state index in [2.05, 4.69) is 9.46 Å². The van der Waals surface area contributed by atoms with Crippen LogP contribution in [-0.2, 0) is 22.8 Å². The molecule has 0 radical (unpaired) electrons. The van der Waals surface area contributed by atoms with E-state index in [-0.39, 0.29) is 0 Å². The van der Waals surface area contributed by atoms with E-state index in [1.807, 2.05) is 0 Å². The zero-order valence-electron chi connectivity index (χ0n) is 8.35. The second kappa shape index (κ2) is 5.14. The third kappa shape index (κ3) is 6.52. The molecule has 2 unspecified atom stereocenters. The van der Waals surface area contributed by atoms with Crippen LogP contribution in [0, 0.1) is 0 Å². The van der Waals surface area contributed by atoms with Crippen molar-refractivity contribution in [2.45, 2.75) is 19.6 Å². The molecular weight excluding hydrogens is 272 g/mol. The van der Waals surface area contributed by atoms with Gasteiger partial charge in [0.05, 0.1) is 0 Å². The molecule has 0 spiro atoms. The highest BCUT2D eigenvalue weighted by molar-refractivity contribution is 7.71. The van der Waals surface area contributed by atoms with Crippen LogP contribution in [0.5, 0.6) is 0 Å². The molecule has 0 heterocycles. The monoisotopic (exact) mass is 284 g/mol. The van der Waals surface area contributed by atoms with Crippen molar-refractivity contribution in [1.82, 2.24) is 0 Å². The molecule has 0 aromatic rings. The average Bonchev–Trinajstić information content (AvgIpc) is 2.00. The Balaban J connectivity index is 4.75. The summed E-state index contributed by atoms with van der Waals surface area (Å²) in [5.74, 6) is -1.36. The van der Waals surface area contributed by atoms with E-state index in [0.29, 0.717) is 0 Å². The molecule has 0 aromatic carbocycles. The average molecular weight is 284 g/mol. The Hall–Kier alpha value is 0.377. The van der Waals surface area contributed by atoms with Crippen LogP contribution in [0.4, 0.5) is 9.05 Å². The van der Waals surface area contributed by atoms with Crippen molar-refractivity contribution >= 4 is 23.5 Å². The molecule has 0 saturated carbocycles. The van der Waals surface area contributed by atoms with Crippen molar-refractivity contribution in [3.63, 3.8) is 0 Å². The molecule has 0 aromatic heterocycles. The Labute approximate surface area is 86.5 Å². The summed E-state index contributed by atoms with van der Waals surface area (Å²) in [6.45, 7) is 4.66. The van der Waals surface area contributed by atoms with Gasteiger partial charge in [0.25, 0.3) is 0 Å². The number of hydrogen-bond acceptors (Lipinski definition) is 5. The second-order valence-electron chi connectivity index (χ2n) is 3.73. The lowest BCUT2D eigenvalue weighted by Crippen LogP contribution is -2.24. The zero-order valence-corrected chi connectivity index (χ0v) is 11.1. The summed E-state index contributed by atoms with van der Waals surface area (Å²) in [7, 11) is -11.7. The first-order valence-electron chi connectivity index (χ1n) is 3.76. The molecule has 0 aliphatic heterocycles. The lowest BCUT2D eigenvalue weighted by molar-refractivity contribution is -0.0251. The van der Waals surface area contributed by atoms with Gasteiger partial charge >= 0.3 is 15.2 Å². The fraction of sp³-hybridized carbons (Fsp3) is 1.00. The van der Waals surface area contributed by atoms with Crippen molar-refractivity contribution in [1.29, 1.82) is 0 Å². The van der Waals surface area contributed by atoms with Gasteiger partial charge in [0.1, 0.15) is 0 Å². The predicted molar refractivity (Wildman–Crippen MR) is 51.1 cm³/mol. The van der Waals surface area contributed by atoms with E-state index < -0.39 is 29.4 Å². The molecule has 1 N–H and O–H groups in total. The third-order valence-electron chi connectivity index (χ3n) is 0.978. The normalized spacial score (nSPS) is 20.7. The van der Waals surface area contributed by atoms with Gasteiger partial charge in [-0.2, -0.15) is 0 Å². The van der Waals surface area contributed by atoms with Crippen molar-refractivity contribution in [3.05, 3.63) is 0 Å². The van der Waals surface area contributed by atoms with Crippen LogP contribution in [-0.4, -0.2) is 19.1 Å². The van der Waals surface area contributed by atoms with Crippen LogP contribution >= 0.6 is 15.2 Å². The van der Waals surface area contributed by atoms with Gasteiger partial charge in [-0.15, -0.1) is 9.46 Å². The predicted octanol–water partition coefficient (Wildman–Crippen LogP) is 2.98. The van der Waals surface area contributed by atoms with Gasteiger partial charge < -0.3 is 9.11 Å².